The Balaban J connectivity index is 1.45. The van der Waals surface area contributed by atoms with E-state index in [1.807, 2.05) is 48.5 Å². The van der Waals surface area contributed by atoms with Gasteiger partial charge in [0, 0.05) is 40.5 Å². The van der Waals surface area contributed by atoms with Crippen LogP contribution in [0.3, 0.4) is 0 Å². The van der Waals surface area contributed by atoms with E-state index in [0.717, 1.165) is 20.1 Å². The van der Waals surface area contributed by atoms with E-state index in [1.165, 1.54) is 24.3 Å². The number of carbonyl (C=O) groups is 1. The second kappa shape index (κ2) is 15.3. The van der Waals surface area contributed by atoms with Crippen LogP contribution in [0.4, 0.5) is 13.2 Å². The molecule has 8 nitrogen and oxygen atoms in total. The van der Waals surface area contributed by atoms with Crippen molar-refractivity contribution >= 4 is 43.7 Å². The number of rotatable bonds is 13. The predicted octanol–water partition coefficient (Wildman–Crippen LogP) is 7.19. The van der Waals surface area contributed by atoms with E-state index in [2.05, 4.69) is 47.4 Å². The van der Waals surface area contributed by atoms with Crippen molar-refractivity contribution in [2.24, 2.45) is 4.99 Å². The number of nitrogens with one attached hydrogen (secondary N) is 2. The van der Waals surface area contributed by atoms with Crippen LogP contribution in [0, 0.1) is 0 Å². The summed E-state index contributed by atoms with van der Waals surface area (Å²) in [6.45, 7) is 0.513. The topological polar surface area (TPSA) is 101 Å². The summed E-state index contributed by atoms with van der Waals surface area (Å²) in [7, 11) is 0. The fraction of sp³-hybridized carbons (Fsp3) is 0.235. The van der Waals surface area contributed by atoms with Gasteiger partial charge in [0.1, 0.15) is 11.5 Å². The van der Waals surface area contributed by atoms with Crippen molar-refractivity contribution in [3.8, 4) is 11.5 Å². The molecule has 1 aliphatic heterocycles. The number of aliphatic hydroxyl groups is 1. The number of halogens is 5. The standard InChI is InChI=1S/C34H30Br2F3N3O5/c35-26-10-2-22(3-11-26)20-33(32(44)42-40-21-23-4-14-29(15-5-23)47-34(37,38)39)30(24-6-12-27(36)13-7-24)46-31(41-33)25-8-16-28(17-9-25)45-19-1-18-43/h2-17,30,40,43H,1,18-21H2,(H,42,44)/t30-,33-/m0/s1. The number of hydrogen-bond acceptors (Lipinski definition) is 7. The molecule has 1 heterocycles. The SMILES string of the molecule is O=C(NNCc1ccc(OC(F)(F)F)cc1)[C@@]1(Cc2ccc(Br)cc2)N=C(c2ccc(OCCCO)cc2)O[C@H]1c1ccc(Br)cc1. The van der Waals surface area contributed by atoms with Gasteiger partial charge in [0.25, 0.3) is 5.91 Å². The maximum absolute atomic E-state index is 14.3. The molecule has 0 radical (unpaired) electrons. The Morgan fingerprint density at radius 2 is 1.47 bits per heavy atom. The highest BCUT2D eigenvalue weighted by molar-refractivity contribution is 9.10. The number of alkyl halides is 3. The Bertz CT molecular complexity index is 1670. The van der Waals surface area contributed by atoms with Crippen LogP contribution in [0.5, 0.6) is 11.5 Å². The molecule has 1 aliphatic rings. The minimum atomic E-state index is -4.79. The van der Waals surface area contributed by atoms with Gasteiger partial charge in [0.2, 0.25) is 5.90 Å². The molecule has 0 saturated heterocycles. The van der Waals surface area contributed by atoms with Crippen molar-refractivity contribution in [2.75, 3.05) is 13.2 Å². The van der Waals surface area contributed by atoms with Gasteiger partial charge in [0.15, 0.2) is 11.6 Å². The molecule has 2 atom stereocenters. The van der Waals surface area contributed by atoms with E-state index in [9.17, 15) is 18.0 Å². The highest BCUT2D eigenvalue weighted by atomic mass is 79.9. The molecule has 13 heteroatoms. The van der Waals surface area contributed by atoms with Crippen molar-refractivity contribution in [3.05, 3.63) is 128 Å². The second-order valence-corrected chi connectivity index (χ2v) is 12.5. The average molecular weight is 777 g/mol. The number of aliphatic hydroxyl groups excluding tert-OH is 1. The molecule has 47 heavy (non-hydrogen) atoms. The smallest absolute Gasteiger partial charge is 0.494 e. The number of ether oxygens (including phenoxy) is 3. The number of hydrazine groups is 1. The van der Waals surface area contributed by atoms with E-state index >= 15 is 0 Å². The normalized spacial score (nSPS) is 17.5. The van der Waals surface area contributed by atoms with E-state index in [-0.39, 0.29) is 31.2 Å². The lowest BCUT2D eigenvalue weighted by Crippen LogP contribution is -2.53. The quantitative estimate of drug-likeness (QED) is 0.0983. The average Bonchev–Trinajstić information content (AvgIpc) is 3.43. The number of hydrogen-bond donors (Lipinski definition) is 3. The third-order valence-electron chi connectivity index (χ3n) is 7.24. The zero-order valence-corrected chi connectivity index (χ0v) is 27.9. The van der Waals surface area contributed by atoms with Crippen LogP contribution in [0.2, 0.25) is 0 Å². The van der Waals surface area contributed by atoms with E-state index in [1.54, 1.807) is 24.3 Å². The first-order valence-electron chi connectivity index (χ1n) is 14.5. The molecule has 0 unspecified atom stereocenters. The molecule has 0 saturated carbocycles. The van der Waals surface area contributed by atoms with Gasteiger partial charge < -0.3 is 19.3 Å². The van der Waals surface area contributed by atoms with Crippen LogP contribution in [0.25, 0.3) is 0 Å². The van der Waals surface area contributed by atoms with Crippen LogP contribution in [-0.4, -0.2) is 42.0 Å². The zero-order chi connectivity index (χ0) is 33.4. The molecule has 0 aliphatic carbocycles. The summed E-state index contributed by atoms with van der Waals surface area (Å²) >= 11 is 6.94. The predicted molar refractivity (Wildman–Crippen MR) is 177 cm³/mol. The molecule has 4 aromatic carbocycles. The van der Waals surface area contributed by atoms with Crippen LogP contribution < -0.4 is 20.3 Å². The van der Waals surface area contributed by atoms with Gasteiger partial charge in [-0.2, -0.15) is 0 Å². The van der Waals surface area contributed by atoms with E-state index in [4.69, 9.17) is 19.6 Å². The molecule has 0 aromatic heterocycles. The minimum absolute atomic E-state index is 0.0285. The largest absolute Gasteiger partial charge is 0.573 e. The van der Waals surface area contributed by atoms with E-state index in [0.29, 0.717) is 29.9 Å². The van der Waals surface area contributed by atoms with E-state index < -0.39 is 23.9 Å². The van der Waals surface area contributed by atoms with Crippen molar-refractivity contribution in [1.82, 2.24) is 10.9 Å². The molecular weight excluding hydrogens is 747 g/mol. The fourth-order valence-corrected chi connectivity index (χ4v) is 5.51. The third kappa shape index (κ3) is 9.13. The summed E-state index contributed by atoms with van der Waals surface area (Å²) in [6.07, 6.45) is -4.92. The Labute approximate surface area is 286 Å². The van der Waals surface area contributed by atoms with Gasteiger partial charge in [-0.3, -0.25) is 10.2 Å². The number of benzene rings is 4. The van der Waals surface area contributed by atoms with Gasteiger partial charge >= 0.3 is 6.36 Å². The Hall–Kier alpha value is -3.91. The maximum atomic E-state index is 14.3. The Kier molecular flexibility index (Phi) is 11.2. The first-order chi connectivity index (χ1) is 22.5. The summed E-state index contributed by atoms with van der Waals surface area (Å²) in [5.74, 6) is 0.0776. The monoisotopic (exact) mass is 775 g/mol. The highest BCUT2D eigenvalue weighted by Crippen LogP contribution is 2.43. The van der Waals surface area contributed by atoms with Crippen molar-refractivity contribution in [1.29, 1.82) is 0 Å². The van der Waals surface area contributed by atoms with Gasteiger partial charge in [-0.15, -0.1) is 13.2 Å². The molecule has 4 aromatic rings. The van der Waals surface area contributed by atoms with Crippen molar-refractivity contribution in [2.45, 2.75) is 37.4 Å². The molecule has 0 fully saturated rings. The van der Waals surface area contributed by atoms with Crippen LogP contribution in [0.15, 0.2) is 111 Å². The number of carbonyl (C=O) groups excluding carboxylic acids is 1. The van der Waals surface area contributed by atoms with Crippen LogP contribution in [0.1, 0.15) is 34.8 Å². The number of nitrogens with zero attached hydrogens (tertiary/aromatic N) is 1. The molecule has 1 amide bonds. The summed E-state index contributed by atoms with van der Waals surface area (Å²) in [5, 5.41) is 9.04. The lowest BCUT2D eigenvalue weighted by atomic mass is 9.82. The first-order valence-corrected chi connectivity index (χ1v) is 16.1. The van der Waals surface area contributed by atoms with Crippen LogP contribution in [-0.2, 0) is 22.5 Å². The summed E-state index contributed by atoms with van der Waals surface area (Å²) in [5.41, 5.74) is 7.02. The van der Waals surface area contributed by atoms with Crippen molar-refractivity contribution in [3.63, 3.8) is 0 Å². The summed E-state index contributed by atoms with van der Waals surface area (Å²) < 4.78 is 55.5. The lowest BCUT2D eigenvalue weighted by molar-refractivity contribution is -0.274. The van der Waals surface area contributed by atoms with Gasteiger partial charge in [-0.1, -0.05) is 68.3 Å². The van der Waals surface area contributed by atoms with Gasteiger partial charge in [-0.05, 0) is 77.4 Å². The Morgan fingerprint density at radius 3 is 2.09 bits per heavy atom. The number of amides is 1. The molecule has 0 bridgehead atoms. The van der Waals surface area contributed by atoms with Gasteiger partial charge in [-0.25, -0.2) is 10.4 Å². The molecular formula is C34H30Br2F3N3O5. The Morgan fingerprint density at radius 1 is 0.872 bits per heavy atom. The van der Waals surface area contributed by atoms with Crippen molar-refractivity contribution < 1.29 is 37.3 Å². The lowest BCUT2D eigenvalue weighted by Gasteiger charge is -2.31. The highest BCUT2D eigenvalue weighted by Gasteiger charge is 2.53. The molecule has 0 spiro atoms. The molecule has 3 N–H and O–H groups in total. The van der Waals surface area contributed by atoms with Gasteiger partial charge in [0.05, 0.1) is 6.61 Å². The van der Waals surface area contributed by atoms with Crippen LogP contribution >= 0.6 is 31.9 Å². The fourth-order valence-electron chi connectivity index (χ4n) is 4.98. The minimum Gasteiger partial charge on any atom is -0.494 e. The second-order valence-electron chi connectivity index (χ2n) is 10.6. The molecule has 246 valence electrons. The number of aliphatic imine (C=N–C) groups is 1. The third-order valence-corrected chi connectivity index (χ3v) is 8.30. The summed E-state index contributed by atoms with van der Waals surface area (Å²) in [6, 6.07) is 27.5. The first kappa shape index (κ1) is 34.4. The maximum Gasteiger partial charge on any atom is 0.573 e. The molecule has 5 rings (SSSR count). The summed E-state index contributed by atoms with van der Waals surface area (Å²) in [4.78, 5) is 19.3. The zero-order valence-electron chi connectivity index (χ0n) is 24.8.